The Hall–Kier alpha value is -2.55. The number of benzene rings is 1. The highest BCUT2D eigenvalue weighted by atomic mass is 35.5. The standard InChI is InChI=1S/C26H30ClNO7/c1-4-33-25(30)18-10-17-22(28(24(18)29)15-6-7-15)16-11-19(27)21(34-9-5-8-31-3)12-20(16)35-23(17)26(2)13-32-14-26/h10-12,15,23H,4-9,13-14H2,1-3H3. The van der Waals surface area contributed by atoms with E-state index in [0.717, 1.165) is 30.5 Å². The van der Waals surface area contributed by atoms with Crippen LogP contribution in [0.25, 0.3) is 11.3 Å². The summed E-state index contributed by atoms with van der Waals surface area (Å²) in [5.74, 6) is 0.494. The molecule has 0 radical (unpaired) electrons. The van der Waals surface area contributed by atoms with Gasteiger partial charge in [0, 0.05) is 43.4 Å². The van der Waals surface area contributed by atoms with E-state index < -0.39 is 12.1 Å². The van der Waals surface area contributed by atoms with E-state index in [9.17, 15) is 9.59 Å². The molecular formula is C26H30ClNO7. The van der Waals surface area contributed by atoms with Crippen LogP contribution in [0.3, 0.4) is 0 Å². The highest BCUT2D eigenvalue weighted by molar-refractivity contribution is 6.32. The molecule has 35 heavy (non-hydrogen) atoms. The number of halogens is 1. The number of pyridine rings is 1. The monoisotopic (exact) mass is 503 g/mol. The van der Waals surface area contributed by atoms with E-state index in [1.165, 1.54) is 0 Å². The number of carbonyl (C=O) groups is 1. The van der Waals surface area contributed by atoms with E-state index >= 15 is 0 Å². The number of ether oxygens (including phenoxy) is 5. The van der Waals surface area contributed by atoms with Gasteiger partial charge in [-0.2, -0.15) is 0 Å². The average Bonchev–Trinajstić information content (AvgIpc) is 3.65. The zero-order valence-corrected chi connectivity index (χ0v) is 21.0. The van der Waals surface area contributed by atoms with Crippen LogP contribution in [0.4, 0.5) is 0 Å². The Balaban J connectivity index is 1.67. The molecule has 1 atom stereocenters. The lowest BCUT2D eigenvalue weighted by molar-refractivity contribution is -0.156. The maximum Gasteiger partial charge on any atom is 0.343 e. The van der Waals surface area contributed by atoms with Gasteiger partial charge in [0.05, 0.1) is 42.6 Å². The van der Waals surface area contributed by atoms with Crippen molar-refractivity contribution in [2.75, 3.05) is 40.1 Å². The second-order valence-electron chi connectivity index (χ2n) is 9.61. The molecule has 1 aromatic carbocycles. The SMILES string of the molecule is CCOC(=O)c1cc2c(n(C3CC3)c1=O)-c1cc(Cl)c(OCCCOC)cc1OC2C1(C)COC1. The van der Waals surface area contributed by atoms with Crippen LogP contribution < -0.4 is 15.0 Å². The lowest BCUT2D eigenvalue weighted by Crippen LogP contribution is -2.48. The molecule has 5 rings (SSSR count). The van der Waals surface area contributed by atoms with Gasteiger partial charge < -0.3 is 28.3 Å². The molecule has 1 unspecified atom stereocenters. The molecule has 3 aliphatic rings. The number of aromatic nitrogens is 1. The van der Waals surface area contributed by atoms with Gasteiger partial charge in [0.15, 0.2) is 0 Å². The zero-order valence-electron chi connectivity index (χ0n) is 20.2. The first-order chi connectivity index (χ1) is 16.9. The van der Waals surface area contributed by atoms with Crippen molar-refractivity contribution in [1.82, 2.24) is 4.57 Å². The van der Waals surface area contributed by atoms with Crippen LogP contribution in [0.15, 0.2) is 23.0 Å². The Morgan fingerprint density at radius 3 is 2.63 bits per heavy atom. The van der Waals surface area contributed by atoms with Crippen molar-refractivity contribution in [2.45, 2.75) is 45.3 Å². The number of carbonyl (C=O) groups excluding carboxylic acids is 1. The first-order valence-electron chi connectivity index (χ1n) is 12.0. The Kier molecular flexibility index (Phi) is 6.55. The minimum Gasteiger partial charge on any atom is -0.492 e. The smallest absolute Gasteiger partial charge is 0.343 e. The lowest BCUT2D eigenvalue weighted by Gasteiger charge is -2.46. The quantitative estimate of drug-likeness (QED) is 0.366. The summed E-state index contributed by atoms with van der Waals surface area (Å²) < 4.78 is 30.1. The molecule has 2 aliphatic heterocycles. The molecule has 0 amide bonds. The number of fused-ring (bicyclic) bond motifs is 3. The van der Waals surface area contributed by atoms with Crippen LogP contribution in [-0.4, -0.2) is 50.7 Å². The lowest BCUT2D eigenvalue weighted by atomic mass is 9.76. The predicted molar refractivity (Wildman–Crippen MR) is 130 cm³/mol. The van der Waals surface area contributed by atoms with Crippen molar-refractivity contribution in [3.05, 3.63) is 44.7 Å². The Morgan fingerprint density at radius 2 is 2.00 bits per heavy atom. The van der Waals surface area contributed by atoms with Gasteiger partial charge >= 0.3 is 5.97 Å². The fourth-order valence-corrected chi connectivity index (χ4v) is 4.99. The van der Waals surface area contributed by atoms with Gasteiger partial charge in [0.25, 0.3) is 5.56 Å². The van der Waals surface area contributed by atoms with Gasteiger partial charge in [-0.3, -0.25) is 4.79 Å². The summed E-state index contributed by atoms with van der Waals surface area (Å²) in [6, 6.07) is 5.25. The number of hydrogen-bond donors (Lipinski definition) is 0. The summed E-state index contributed by atoms with van der Waals surface area (Å²) >= 11 is 6.62. The third-order valence-electron chi connectivity index (χ3n) is 6.73. The summed E-state index contributed by atoms with van der Waals surface area (Å²) in [4.78, 5) is 26.3. The van der Waals surface area contributed by atoms with Crippen molar-refractivity contribution < 1.29 is 28.5 Å². The Labute approximate surface area is 209 Å². The first kappa shape index (κ1) is 24.2. The Morgan fingerprint density at radius 1 is 1.23 bits per heavy atom. The number of esters is 1. The molecule has 3 heterocycles. The molecule has 9 heteroatoms. The highest BCUT2D eigenvalue weighted by Gasteiger charge is 2.49. The molecule has 0 N–H and O–H groups in total. The molecule has 1 saturated carbocycles. The van der Waals surface area contributed by atoms with Gasteiger partial charge in [-0.25, -0.2) is 4.79 Å². The molecule has 1 aliphatic carbocycles. The maximum atomic E-state index is 13.6. The molecule has 1 aromatic heterocycles. The zero-order chi connectivity index (χ0) is 24.7. The normalized spacial score (nSPS) is 19.7. The van der Waals surface area contributed by atoms with Gasteiger partial charge in [-0.15, -0.1) is 0 Å². The largest absolute Gasteiger partial charge is 0.492 e. The third kappa shape index (κ3) is 4.32. The maximum absolute atomic E-state index is 13.6. The van der Waals surface area contributed by atoms with Crippen LogP contribution in [0.1, 0.15) is 61.2 Å². The van der Waals surface area contributed by atoms with Crippen LogP contribution in [0.2, 0.25) is 5.02 Å². The average molecular weight is 504 g/mol. The molecule has 0 bridgehead atoms. The molecular weight excluding hydrogens is 474 g/mol. The van der Waals surface area contributed by atoms with Crippen molar-refractivity contribution in [1.29, 1.82) is 0 Å². The van der Waals surface area contributed by atoms with Gasteiger partial charge in [0.2, 0.25) is 0 Å². The molecule has 0 spiro atoms. The van der Waals surface area contributed by atoms with Gasteiger partial charge in [-0.1, -0.05) is 18.5 Å². The van der Waals surface area contributed by atoms with Gasteiger partial charge in [0.1, 0.15) is 23.2 Å². The number of nitrogens with zero attached hydrogens (tertiary/aromatic N) is 1. The Bertz CT molecular complexity index is 1200. The minimum atomic E-state index is -0.618. The summed E-state index contributed by atoms with van der Waals surface area (Å²) in [7, 11) is 1.65. The summed E-state index contributed by atoms with van der Waals surface area (Å²) in [6.45, 7) is 6.06. The van der Waals surface area contributed by atoms with Crippen molar-refractivity contribution >= 4 is 17.6 Å². The van der Waals surface area contributed by atoms with E-state index in [4.69, 9.17) is 35.3 Å². The van der Waals surface area contributed by atoms with E-state index in [-0.39, 0.29) is 29.2 Å². The minimum absolute atomic E-state index is 0.0198. The molecule has 2 fully saturated rings. The summed E-state index contributed by atoms with van der Waals surface area (Å²) in [6.07, 6.45) is 2.05. The second-order valence-corrected chi connectivity index (χ2v) is 10.0. The first-order valence-corrected chi connectivity index (χ1v) is 12.4. The van der Waals surface area contributed by atoms with E-state index in [2.05, 4.69) is 6.92 Å². The van der Waals surface area contributed by atoms with E-state index in [1.54, 1.807) is 36.8 Å². The number of rotatable bonds is 9. The third-order valence-corrected chi connectivity index (χ3v) is 7.03. The predicted octanol–water partition coefficient (Wildman–Crippen LogP) is 4.57. The topological polar surface area (TPSA) is 85.2 Å². The fraction of sp³-hybridized carbons (Fsp3) is 0.538. The van der Waals surface area contributed by atoms with Crippen molar-refractivity contribution in [2.24, 2.45) is 5.41 Å². The summed E-state index contributed by atoms with van der Waals surface area (Å²) in [5, 5.41) is 0.427. The van der Waals surface area contributed by atoms with E-state index in [0.29, 0.717) is 48.5 Å². The molecule has 1 saturated heterocycles. The van der Waals surface area contributed by atoms with Crippen LogP contribution >= 0.6 is 11.6 Å². The highest BCUT2D eigenvalue weighted by Crippen LogP contribution is 2.54. The van der Waals surface area contributed by atoms with Crippen LogP contribution in [-0.2, 0) is 14.2 Å². The summed E-state index contributed by atoms with van der Waals surface area (Å²) in [5.41, 5.74) is 1.61. The van der Waals surface area contributed by atoms with Crippen molar-refractivity contribution in [3.63, 3.8) is 0 Å². The molecule has 8 nitrogen and oxygen atoms in total. The molecule has 2 aromatic rings. The van der Waals surface area contributed by atoms with Crippen LogP contribution in [0.5, 0.6) is 11.5 Å². The number of methoxy groups -OCH3 is 1. The van der Waals surface area contributed by atoms with E-state index in [1.807, 2.05) is 0 Å². The number of hydrogen-bond acceptors (Lipinski definition) is 7. The van der Waals surface area contributed by atoms with Crippen molar-refractivity contribution in [3.8, 4) is 22.8 Å². The molecule has 188 valence electrons. The fourth-order valence-electron chi connectivity index (χ4n) is 4.77. The van der Waals surface area contributed by atoms with Crippen LogP contribution in [0, 0.1) is 5.41 Å². The van der Waals surface area contributed by atoms with Gasteiger partial charge in [-0.05, 0) is 31.9 Å². The second kappa shape index (κ2) is 9.48.